The fourth-order valence-electron chi connectivity index (χ4n) is 2.61. The van der Waals surface area contributed by atoms with Crippen LogP contribution in [0, 0.1) is 5.92 Å². The molecule has 0 spiro atoms. The number of aliphatic hydroxyl groups excluding tert-OH is 1. The Balaban J connectivity index is 2.06. The third-order valence-electron chi connectivity index (χ3n) is 3.99. The first-order valence-electron chi connectivity index (χ1n) is 7.40. The van der Waals surface area contributed by atoms with E-state index in [1.807, 2.05) is 37.3 Å². The molecule has 0 unspecified atom stereocenters. The van der Waals surface area contributed by atoms with Gasteiger partial charge in [0.2, 0.25) is 0 Å². The normalized spacial score (nSPS) is 24.5. The maximum atomic E-state index is 12.2. The van der Waals surface area contributed by atoms with Crippen molar-refractivity contribution in [1.29, 1.82) is 0 Å². The number of ketones is 2. The van der Waals surface area contributed by atoms with Crippen LogP contribution in [-0.4, -0.2) is 35.5 Å². The van der Waals surface area contributed by atoms with Gasteiger partial charge in [-0.3, -0.25) is 14.6 Å². The molecule has 0 aliphatic heterocycles. The predicted octanol–water partition coefficient (Wildman–Crippen LogP) is 2.16. The Morgan fingerprint density at radius 2 is 1.86 bits per heavy atom. The zero-order valence-corrected chi connectivity index (χ0v) is 12.2. The van der Waals surface area contributed by atoms with Crippen LogP contribution in [0.25, 0.3) is 0 Å². The second-order valence-corrected chi connectivity index (χ2v) is 5.47. The Hall–Kier alpha value is -1.81. The Kier molecular flexibility index (Phi) is 5.39. The van der Waals surface area contributed by atoms with E-state index in [1.54, 1.807) is 0 Å². The van der Waals surface area contributed by atoms with Crippen molar-refractivity contribution >= 4 is 17.8 Å². The van der Waals surface area contributed by atoms with Crippen LogP contribution in [0.2, 0.25) is 0 Å². The van der Waals surface area contributed by atoms with Gasteiger partial charge in [-0.25, -0.2) is 0 Å². The van der Waals surface area contributed by atoms with E-state index in [9.17, 15) is 9.59 Å². The maximum absolute atomic E-state index is 12.2. The van der Waals surface area contributed by atoms with Crippen LogP contribution in [0.1, 0.15) is 37.7 Å². The minimum atomic E-state index is -0.731. The van der Waals surface area contributed by atoms with Gasteiger partial charge in [-0.05, 0) is 17.9 Å². The van der Waals surface area contributed by atoms with Gasteiger partial charge in [-0.2, -0.15) is 0 Å². The van der Waals surface area contributed by atoms with Gasteiger partial charge in [0.25, 0.3) is 0 Å². The fraction of sp³-hybridized carbons (Fsp3) is 0.471. The van der Waals surface area contributed by atoms with E-state index in [0.717, 1.165) is 5.56 Å². The Morgan fingerprint density at radius 1 is 1.24 bits per heavy atom. The molecule has 1 aromatic carbocycles. The maximum Gasteiger partial charge on any atom is 0.149 e. The van der Waals surface area contributed by atoms with Gasteiger partial charge in [0.15, 0.2) is 0 Å². The number of hydrogen-bond acceptors (Lipinski definition) is 4. The summed E-state index contributed by atoms with van der Waals surface area (Å²) in [5, 5.41) is 9.09. The molecule has 1 atom stereocenters. The topological polar surface area (TPSA) is 66.7 Å². The van der Waals surface area contributed by atoms with Crippen LogP contribution < -0.4 is 0 Å². The molecule has 0 aromatic heterocycles. The van der Waals surface area contributed by atoms with Crippen molar-refractivity contribution in [3.63, 3.8) is 0 Å². The first-order chi connectivity index (χ1) is 10.2. The molecule has 21 heavy (non-hydrogen) atoms. The number of nitrogens with zero attached hydrogens (tertiary/aromatic N) is 1. The summed E-state index contributed by atoms with van der Waals surface area (Å²) in [6, 6.07) is 9.45. The van der Waals surface area contributed by atoms with Crippen molar-refractivity contribution in [1.82, 2.24) is 0 Å². The highest BCUT2D eigenvalue weighted by atomic mass is 16.3. The highest BCUT2D eigenvalue weighted by Gasteiger charge is 2.34. The van der Waals surface area contributed by atoms with Gasteiger partial charge in [0.05, 0.1) is 12.6 Å². The van der Waals surface area contributed by atoms with E-state index in [4.69, 9.17) is 5.11 Å². The van der Waals surface area contributed by atoms with Crippen LogP contribution >= 0.6 is 0 Å². The molecule has 112 valence electrons. The molecule has 0 saturated heterocycles. The van der Waals surface area contributed by atoms with Crippen LogP contribution in [0.5, 0.6) is 0 Å². The highest BCUT2D eigenvalue weighted by molar-refractivity contribution is 6.16. The lowest BCUT2D eigenvalue weighted by atomic mass is 9.77. The summed E-state index contributed by atoms with van der Waals surface area (Å²) in [6.45, 7) is 1.85. The molecule has 1 saturated carbocycles. The standard InChI is InChI=1S/C17H21NO3/c1-2-14(11-19)18-10-15-16(20)8-13(9-17(15)21)12-6-4-3-5-7-12/h3-7,10,13-15,19H,2,8-9,11H2,1H3/t13?,14-,15?/m1/s1. The predicted molar refractivity (Wildman–Crippen MR) is 81.6 cm³/mol. The monoisotopic (exact) mass is 287 g/mol. The van der Waals surface area contributed by atoms with E-state index in [1.165, 1.54) is 6.21 Å². The molecule has 0 amide bonds. The number of aliphatic hydroxyl groups is 1. The smallest absolute Gasteiger partial charge is 0.149 e. The van der Waals surface area contributed by atoms with E-state index < -0.39 is 5.92 Å². The number of benzene rings is 1. The van der Waals surface area contributed by atoms with Gasteiger partial charge >= 0.3 is 0 Å². The summed E-state index contributed by atoms with van der Waals surface area (Å²) in [4.78, 5) is 28.6. The van der Waals surface area contributed by atoms with Crippen molar-refractivity contribution in [2.24, 2.45) is 10.9 Å². The molecule has 1 N–H and O–H groups in total. The van der Waals surface area contributed by atoms with Crippen molar-refractivity contribution in [2.45, 2.75) is 38.1 Å². The van der Waals surface area contributed by atoms with E-state index in [-0.39, 0.29) is 30.1 Å². The number of hydrogen-bond donors (Lipinski definition) is 1. The zero-order valence-electron chi connectivity index (χ0n) is 12.2. The van der Waals surface area contributed by atoms with Crippen LogP contribution in [-0.2, 0) is 9.59 Å². The lowest BCUT2D eigenvalue weighted by Crippen LogP contribution is -2.34. The summed E-state index contributed by atoms with van der Waals surface area (Å²) in [6.07, 6.45) is 2.88. The summed E-state index contributed by atoms with van der Waals surface area (Å²) in [7, 11) is 0. The number of rotatable bonds is 5. The molecule has 0 radical (unpaired) electrons. The quantitative estimate of drug-likeness (QED) is 0.666. The van der Waals surface area contributed by atoms with Crippen LogP contribution in [0.3, 0.4) is 0 Å². The number of carbonyl (C=O) groups is 2. The lowest BCUT2D eigenvalue weighted by Gasteiger charge is -2.24. The second-order valence-electron chi connectivity index (χ2n) is 5.47. The van der Waals surface area contributed by atoms with Crippen molar-refractivity contribution < 1.29 is 14.7 Å². The highest BCUT2D eigenvalue weighted by Crippen LogP contribution is 2.31. The van der Waals surface area contributed by atoms with Gasteiger partial charge in [0.1, 0.15) is 17.5 Å². The Morgan fingerprint density at radius 3 is 2.38 bits per heavy atom. The molecule has 1 aliphatic rings. The summed E-state index contributed by atoms with van der Waals surface area (Å²) in [5.41, 5.74) is 1.04. The lowest BCUT2D eigenvalue weighted by molar-refractivity contribution is -0.133. The molecule has 0 heterocycles. The van der Waals surface area contributed by atoms with E-state index in [0.29, 0.717) is 19.3 Å². The average molecular weight is 287 g/mol. The number of aliphatic imine (C=N–C) groups is 1. The van der Waals surface area contributed by atoms with E-state index in [2.05, 4.69) is 4.99 Å². The minimum Gasteiger partial charge on any atom is -0.394 e. The molecule has 4 nitrogen and oxygen atoms in total. The summed E-state index contributed by atoms with van der Waals surface area (Å²) >= 11 is 0. The second kappa shape index (κ2) is 7.27. The van der Waals surface area contributed by atoms with E-state index >= 15 is 0 Å². The molecule has 4 heteroatoms. The van der Waals surface area contributed by atoms with Gasteiger partial charge in [-0.15, -0.1) is 0 Å². The molecule has 1 aliphatic carbocycles. The van der Waals surface area contributed by atoms with Crippen molar-refractivity contribution in [3.05, 3.63) is 35.9 Å². The third kappa shape index (κ3) is 3.85. The third-order valence-corrected chi connectivity index (χ3v) is 3.99. The SMILES string of the molecule is CC[C@H](CO)N=CC1C(=O)CC(c2ccccc2)CC1=O. The Bertz CT molecular complexity index is 502. The number of carbonyl (C=O) groups excluding carboxylic acids is 2. The molecule has 1 fully saturated rings. The molecule has 0 bridgehead atoms. The van der Waals surface area contributed by atoms with Crippen LogP contribution in [0.15, 0.2) is 35.3 Å². The largest absolute Gasteiger partial charge is 0.394 e. The molecule has 1 aromatic rings. The van der Waals surface area contributed by atoms with Gasteiger partial charge in [-0.1, -0.05) is 37.3 Å². The fourth-order valence-corrected chi connectivity index (χ4v) is 2.61. The first kappa shape index (κ1) is 15.6. The van der Waals surface area contributed by atoms with Crippen molar-refractivity contribution in [3.8, 4) is 0 Å². The van der Waals surface area contributed by atoms with Gasteiger partial charge < -0.3 is 5.11 Å². The average Bonchev–Trinajstić information content (AvgIpc) is 2.51. The molecule has 2 rings (SSSR count). The molecular weight excluding hydrogens is 266 g/mol. The van der Waals surface area contributed by atoms with Gasteiger partial charge in [0, 0.05) is 19.1 Å². The number of Topliss-reactive ketones (excluding diaryl/α,β-unsaturated/α-hetero) is 2. The Labute approximate surface area is 124 Å². The minimum absolute atomic E-state index is 0.0179. The van der Waals surface area contributed by atoms with Crippen molar-refractivity contribution in [2.75, 3.05) is 6.61 Å². The zero-order chi connectivity index (χ0) is 15.2. The summed E-state index contributed by atoms with van der Waals surface area (Å²) < 4.78 is 0. The first-order valence-corrected chi connectivity index (χ1v) is 7.40. The summed E-state index contributed by atoms with van der Waals surface area (Å²) in [5.74, 6) is -0.894. The van der Waals surface area contributed by atoms with Crippen LogP contribution in [0.4, 0.5) is 0 Å². The molecular formula is C17H21NO3.